The van der Waals surface area contributed by atoms with Crippen molar-refractivity contribution in [3.63, 3.8) is 0 Å². The van der Waals surface area contributed by atoms with Gasteiger partial charge in [-0.15, -0.1) is 0 Å². The van der Waals surface area contributed by atoms with Crippen molar-refractivity contribution in [2.24, 2.45) is 0 Å². The minimum Gasteiger partial charge on any atom is -0.507 e. The molecule has 3 N–H and O–H groups in total. The maximum atomic E-state index is 13.4. The summed E-state index contributed by atoms with van der Waals surface area (Å²) < 4.78 is 5.64. The van der Waals surface area contributed by atoms with Gasteiger partial charge in [-0.3, -0.25) is 14.4 Å². The lowest BCUT2D eigenvalue weighted by molar-refractivity contribution is -0.123. The quantitative estimate of drug-likeness (QED) is 0.306. The Kier molecular flexibility index (Phi) is 4.53. The van der Waals surface area contributed by atoms with Gasteiger partial charge in [-0.25, -0.2) is 0 Å². The van der Waals surface area contributed by atoms with Crippen LogP contribution in [0.1, 0.15) is 35.3 Å². The number of rotatable bonds is 3. The van der Waals surface area contributed by atoms with Gasteiger partial charge in [0.15, 0.2) is 17.3 Å². The number of hydrogen-bond donors (Lipinski definition) is 3. The van der Waals surface area contributed by atoms with Crippen molar-refractivity contribution in [2.75, 3.05) is 14.1 Å². The number of carbonyl (C=O) groups is 3. The average molecular weight is 399 g/mol. The molecule has 0 bridgehead atoms. The zero-order valence-corrected chi connectivity index (χ0v) is 16.7. The lowest BCUT2D eigenvalue weighted by Crippen LogP contribution is -2.40. The molecule has 0 amide bonds. The molecule has 8 heteroatoms. The number of benzene rings is 1. The first-order valence-electron chi connectivity index (χ1n) is 8.79. The second-order valence-electron chi connectivity index (χ2n) is 7.43. The van der Waals surface area contributed by atoms with Gasteiger partial charge in [-0.05, 0) is 26.8 Å². The van der Waals surface area contributed by atoms with E-state index < -0.39 is 45.6 Å². The second-order valence-corrected chi connectivity index (χ2v) is 7.43. The van der Waals surface area contributed by atoms with Crippen molar-refractivity contribution < 1.29 is 34.4 Å². The molecular formula is C21H21NO7. The summed E-state index contributed by atoms with van der Waals surface area (Å²) in [6.07, 6.45) is 3.73. The van der Waals surface area contributed by atoms with Gasteiger partial charge in [-0.1, -0.05) is 0 Å². The highest BCUT2D eigenvalue weighted by Gasteiger charge is 2.56. The number of carbonyl (C=O) groups excluding carboxylic acids is 3. The first-order valence-corrected chi connectivity index (χ1v) is 8.79. The highest BCUT2D eigenvalue weighted by atomic mass is 16.5. The number of phenols is 2. The highest BCUT2D eigenvalue weighted by Crippen LogP contribution is 2.57. The Balaban J connectivity index is 2.34. The fourth-order valence-electron chi connectivity index (χ4n) is 3.55. The van der Waals surface area contributed by atoms with Crippen LogP contribution in [0.25, 0.3) is 0 Å². The van der Waals surface area contributed by atoms with E-state index in [-0.39, 0.29) is 28.2 Å². The molecule has 0 radical (unpaired) electrons. The summed E-state index contributed by atoms with van der Waals surface area (Å²) in [5.74, 6) is -3.73. The summed E-state index contributed by atoms with van der Waals surface area (Å²) in [7, 11) is 3.41. The van der Waals surface area contributed by atoms with Crippen LogP contribution in [0.15, 0.2) is 35.4 Å². The van der Waals surface area contributed by atoms with Crippen molar-refractivity contribution in [3.8, 4) is 17.2 Å². The van der Waals surface area contributed by atoms with Crippen LogP contribution in [-0.4, -0.2) is 51.7 Å². The van der Waals surface area contributed by atoms with Crippen molar-refractivity contribution in [3.05, 3.63) is 52.1 Å². The first kappa shape index (κ1) is 20.2. The fourth-order valence-corrected chi connectivity index (χ4v) is 3.55. The second kappa shape index (κ2) is 6.51. The first-order chi connectivity index (χ1) is 13.4. The van der Waals surface area contributed by atoms with E-state index in [2.05, 4.69) is 0 Å². The van der Waals surface area contributed by atoms with Crippen LogP contribution in [0, 0.1) is 6.92 Å². The van der Waals surface area contributed by atoms with E-state index >= 15 is 0 Å². The van der Waals surface area contributed by atoms with Gasteiger partial charge in [-0.2, -0.15) is 0 Å². The van der Waals surface area contributed by atoms with E-state index in [1.165, 1.54) is 33.0 Å². The number of ketones is 3. The van der Waals surface area contributed by atoms with Gasteiger partial charge in [0, 0.05) is 31.9 Å². The van der Waals surface area contributed by atoms with Crippen molar-refractivity contribution in [1.29, 1.82) is 0 Å². The summed E-state index contributed by atoms with van der Waals surface area (Å²) >= 11 is 0. The normalized spacial score (nSPS) is 22.2. The smallest absolute Gasteiger partial charge is 0.196 e. The van der Waals surface area contributed by atoms with E-state index in [4.69, 9.17) is 4.74 Å². The van der Waals surface area contributed by atoms with Crippen LogP contribution in [0.3, 0.4) is 0 Å². The molecule has 3 rings (SSSR count). The van der Waals surface area contributed by atoms with Gasteiger partial charge in [0.1, 0.15) is 45.3 Å². The monoisotopic (exact) mass is 399 g/mol. The molecule has 1 atom stereocenters. The molecule has 0 unspecified atom stereocenters. The van der Waals surface area contributed by atoms with E-state index in [9.17, 15) is 29.7 Å². The SMILES string of the molecule is CC(=O)c1c(O)c(C)c(O)c2c1OC1=CC(=O)C(=C(O)/C=C/N(C)C)C(=O)[C@@]12C. The standard InChI is InChI=1S/C21H21NO7/c1-9-17(26)14(10(2)23)19-16(18(9)27)21(3)13(29-19)8-12(25)15(20(21)28)11(24)6-7-22(4)5/h6-8,24,26-27H,1-5H3/b7-6+,15-11?/t21-/m0/s1. The van der Waals surface area contributed by atoms with Crippen LogP contribution < -0.4 is 4.74 Å². The zero-order chi connectivity index (χ0) is 21.8. The van der Waals surface area contributed by atoms with Gasteiger partial charge in [0.25, 0.3) is 0 Å². The van der Waals surface area contributed by atoms with Gasteiger partial charge in [0.2, 0.25) is 0 Å². The number of ether oxygens (including phenoxy) is 1. The minimum absolute atomic E-state index is 0.00646. The Labute approximate surface area is 167 Å². The molecule has 1 aliphatic carbocycles. The van der Waals surface area contributed by atoms with Crippen molar-refractivity contribution >= 4 is 17.3 Å². The molecular weight excluding hydrogens is 378 g/mol. The molecule has 29 heavy (non-hydrogen) atoms. The molecule has 0 spiro atoms. The third-order valence-corrected chi connectivity index (χ3v) is 5.17. The summed E-state index contributed by atoms with van der Waals surface area (Å²) in [6.45, 7) is 4.04. The van der Waals surface area contributed by atoms with Gasteiger partial charge < -0.3 is 25.0 Å². The Morgan fingerprint density at radius 1 is 1.21 bits per heavy atom. The molecule has 2 aliphatic rings. The maximum absolute atomic E-state index is 13.4. The number of nitrogens with zero attached hydrogens (tertiary/aromatic N) is 1. The largest absolute Gasteiger partial charge is 0.507 e. The third kappa shape index (κ3) is 2.71. The van der Waals surface area contributed by atoms with Crippen LogP contribution in [0.5, 0.6) is 17.2 Å². The zero-order valence-electron chi connectivity index (χ0n) is 16.7. The molecule has 0 fully saturated rings. The third-order valence-electron chi connectivity index (χ3n) is 5.17. The number of allylic oxidation sites excluding steroid dienone is 4. The Hall–Kier alpha value is -3.55. The van der Waals surface area contributed by atoms with Crippen LogP contribution in [0.4, 0.5) is 0 Å². The number of aliphatic hydroxyl groups excluding tert-OH is 1. The van der Waals surface area contributed by atoms with Crippen LogP contribution >= 0.6 is 0 Å². The summed E-state index contributed by atoms with van der Waals surface area (Å²) in [5, 5.41) is 31.3. The number of aliphatic hydroxyl groups is 1. The predicted octanol–water partition coefficient (Wildman–Crippen LogP) is 2.18. The van der Waals surface area contributed by atoms with E-state index in [0.29, 0.717) is 0 Å². The Morgan fingerprint density at radius 3 is 2.38 bits per heavy atom. The molecule has 0 aromatic heterocycles. The summed E-state index contributed by atoms with van der Waals surface area (Å²) in [6, 6.07) is 0. The Morgan fingerprint density at radius 2 is 1.83 bits per heavy atom. The van der Waals surface area contributed by atoms with E-state index in [0.717, 1.165) is 6.08 Å². The molecule has 0 saturated carbocycles. The fraction of sp³-hybridized carbons (Fsp3) is 0.286. The molecule has 152 valence electrons. The number of hydrogen-bond acceptors (Lipinski definition) is 8. The maximum Gasteiger partial charge on any atom is 0.196 e. The van der Waals surface area contributed by atoms with E-state index in [1.807, 2.05) is 0 Å². The molecule has 8 nitrogen and oxygen atoms in total. The summed E-state index contributed by atoms with van der Waals surface area (Å²) in [4.78, 5) is 39.6. The van der Waals surface area contributed by atoms with E-state index in [1.54, 1.807) is 19.0 Å². The molecule has 1 aliphatic heterocycles. The number of phenolic OH excluding ortho intramolecular Hbond substituents is 2. The minimum atomic E-state index is -1.65. The number of aromatic hydroxyl groups is 2. The van der Waals surface area contributed by atoms with Crippen LogP contribution in [0.2, 0.25) is 0 Å². The lowest BCUT2D eigenvalue weighted by atomic mass is 9.70. The predicted molar refractivity (Wildman–Crippen MR) is 103 cm³/mol. The molecule has 0 saturated heterocycles. The number of Topliss-reactive ketones (excluding diaryl/α,β-unsaturated/α-hetero) is 2. The molecule has 1 heterocycles. The Bertz CT molecular complexity index is 1080. The lowest BCUT2D eigenvalue weighted by Gasteiger charge is -2.28. The number of fused-ring (bicyclic) bond motifs is 3. The van der Waals surface area contributed by atoms with Crippen molar-refractivity contribution in [1.82, 2.24) is 4.90 Å². The molecule has 1 aromatic rings. The average Bonchev–Trinajstić information content (AvgIpc) is 2.91. The van der Waals surface area contributed by atoms with Crippen molar-refractivity contribution in [2.45, 2.75) is 26.2 Å². The van der Waals surface area contributed by atoms with Gasteiger partial charge in [0.05, 0.1) is 5.56 Å². The summed E-state index contributed by atoms with van der Waals surface area (Å²) in [5.41, 5.74) is -2.31. The van der Waals surface area contributed by atoms with Crippen LogP contribution in [-0.2, 0) is 15.0 Å². The molecule has 1 aromatic carbocycles. The van der Waals surface area contributed by atoms with Gasteiger partial charge >= 0.3 is 0 Å². The topological polar surface area (TPSA) is 124 Å². The highest BCUT2D eigenvalue weighted by molar-refractivity contribution is 6.31.